The van der Waals surface area contributed by atoms with Gasteiger partial charge in [0.2, 0.25) is 6.23 Å². The number of rotatable bonds is 7. The van der Waals surface area contributed by atoms with Gasteiger partial charge in [0.15, 0.2) is 6.29 Å². The van der Waals surface area contributed by atoms with Gasteiger partial charge in [0.25, 0.3) is 0 Å². The fourth-order valence-electron chi connectivity index (χ4n) is 3.34. The molecule has 1 fully saturated rings. The summed E-state index contributed by atoms with van der Waals surface area (Å²) in [6.45, 7) is 11.7. The minimum absolute atomic E-state index is 0.00313. The predicted molar refractivity (Wildman–Crippen MR) is 105 cm³/mol. The highest BCUT2D eigenvalue weighted by atomic mass is 16.8. The molecule has 3 unspecified atom stereocenters. The van der Waals surface area contributed by atoms with Gasteiger partial charge in [-0.2, -0.15) is 5.10 Å². The Bertz CT molecular complexity index is 958. The van der Waals surface area contributed by atoms with Crippen molar-refractivity contribution in [1.82, 2.24) is 24.3 Å². The van der Waals surface area contributed by atoms with E-state index in [0.29, 0.717) is 6.73 Å². The first-order chi connectivity index (χ1) is 13.4. The molecule has 4 heterocycles. The summed E-state index contributed by atoms with van der Waals surface area (Å²) in [4.78, 5) is 8.94. The van der Waals surface area contributed by atoms with Crippen molar-refractivity contribution in [2.75, 3.05) is 6.61 Å². The average Bonchev–Trinajstić information content (AvgIpc) is 3.11. The van der Waals surface area contributed by atoms with Crippen LogP contribution in [0, 0.1) is 5.41 Å². The Hall–Kier alpha value is -2.29. The summed E-state index contributed by atoms with van der Waals surface area (Å²) in [5.74, 6) is 0. The third-order valence-electron chi connectivity index (χ3n) is 4.94. The third-order valence-corrected chi connectivity index (χ3v) is 4.94. The van der Waals surface area contributed by atoms with Gasteiger partial charge < -0.3 is 18.8 Å². The molecule has 0 bridgehead atoms. The van der Waals surface area contributed by atoms with E-state index in [-0.39, 0.29) is 24.0 Å². The molecule has 28 heavy (non-hydrogen) atoms. The van der Waals surface area contributed by atoms with E-state index >= 15 is 0 Å². The van der Waals surface area contributed by atoms with Crippen LogP contribution in [-0.2, 0) is 16.2 Å². The zero-order valence-electron chi connectivity index (χ0n) is 17.0. The molecule has 1 N–H and O–H groups in total. The van der Waals surface area contributed by atoms with Crippen LogP contribution in [0.5, 0.6) is 0 Å². The van der Waals surface area contributed by atoms with Gasteiger partial charge in [0, 0.05) is 37.2 Å². The van der Waals surface area contributed by atoms with E-state index < -0.39 is 0 Å². The molecule has 3 atom stereocenters. The molecule has 0 aromatic carbocycles. The van der Waals surface area contributed by atoms with Crippen molar-refractivity contribution < 1.29 is 14.2 Å². The Balaban J connectivity index is 1.53. The molecule has 0 radical (unpaired) electrons. The summed E-state index contributed by atoms with van der Waals surface area (Å²) in [5.41, 5.74) is 2.72. The van der Waals surface area contributed by atoms with Crippen molar-refractivity contribution in [1.29, 1.82) is 0 Å². The van der Waals surface area contributed by atoms with Gasteiger partial charge in [-0.05, 0) is 11.5 Å². The smallest absolute Gasteiger partial charge is 0.250 e. The number of hydrogen-bond donors (Lipinski definition) is 0. The van der Waals surface area contributed by atoms with Crippen LogP contribution in [0.15, 0.2) is 31.0 Å². The van der Waals surface area contributed by atoms with Gasteiger partial charge >= 0.3 is 0 Å². The quantitative estimate of drug-likeness (QED) is 0.460. The van der Waals surface area contributed by atoms with Crippen molar-refractivity contribution >= 4 is 11.0 Å². The lowest BCUT2D eigenvalue weighted by atomic mass is 9.92. The van der Waals surface area contributed by atoms with Gasteiger partial charge in [0.05, 0.1) is 11.9 Å². The fraction of sp³-hybridized carbons (Fsp3) is 0.550. The normalized spacial score (nSPS) is 20.6. The van der Waals surface area contributed by atoms with Crippen LogP contribution in [0.1, 0.15) is 40.8 Å². The first kappa shape index (κ1) is 19.0. The number of ether oxygens (including phenoxy) is 3. The molecule has 8 nitrogen and oxygen atoms in total. The molecule has 1 aliphatic rings. The van der Waals surface area contributed by atoms with E-state index in [9.17, 15) is 0 Å². The van der Waals surface area contributed by atoms with E-state index in [0.717, 1.165) is 28.9 Å². The lowest BCUT2D eigenvalue weighted by Crippen LogP contribution is -2.18. The number of hydrogen-bond acceptors (Lipinski definition) is 5. The second-order valence-electron chi connectivity index (χ2n) is 8.17. The molecule has 150 valence electrons. The minimum atomic E-state index is -0.152. The maximum atomic E-state index is 5.90. The molecule has 1 saturated heterocycles. The summed E-state index contributed by atoms with van der Waals surface area (Å²) >= 11 is 0. The molecule has 0 aliphatic carbocycles. The Kier molecular flexibility index (Phi) is 4.95. The van der Waals surface area contributed by atoms with Gasteiger partial charge in [-0.15, -0.1) is 0 Å². The van der Waals surface area contributed by atoms with Gasteiger partial charge in [-0.1, -0.05) is 20.8 Å². The minimum Gasteiger partial charge on any atom is -0.414 e. The summed E-state index contributed by atoms with van der Waals surface area (Å²) in [6.07, 6.45) is 7.34. The molecule has 3 aromatic heterocycles. The van der Waals surface area contributed by atoms with Crippen LogP contribution in [0.25, 0.3) is 22.3 Å². The molecular formula is C20H28N5O3+. The summed E-state index contributed by atoms with van der Waals surface area (Å²) in [6, 6.07) is 2.01. The van der Waals surface area contributed by atoms with E-state index in [1.807, 2.05) is 47.8 Å². The molecular weight excluding hydrogens is 358 g/mol. The van der Waals surface area contributed by atoms with Gasteiger partial charge in [0.1, 0.15) is 31.4 Å². The zero-order chi connectivity index (χ0) is 19.9. The fourth-order valence-corrected chi connectivity index (χ4v) is 3.34. The summed E-state index contributed by atoms with van der Waals surface area (Å²) < 4.78 is 19.8. The lowest BCUT2D eigenvalue weighted by Gasteiger charge is -2.14. The van der Waals surface area contributed by atoms with Crippen LogP contribution < -0.4 is 0 Å². The Morgan fingerprint density at radius 1 is 1.32 bits per heavy atom. The maximum absolute atomic E-state index is 5.90. The molecule has 3 aromatic rings. The predicted octanol–water partition coefficient (Wildman–Crippen LogP) is 3.11. The largest absolute Gasteiger partial charge is 0.414 e. The molecule has 4 rings (SSSR count). The number of aliphatic hydroxyl groups is 2. The molecule has 8 heteroatoms. The van der Waals surface area contributed by atoms with Crippen molar-refractivity contribution in [2.45, 2.75) is 60.0 Å². The lowest BCUT2D eigenvalue weighted by molar-refractivity contribution is -0.133. The Morgan fingerprint density at radius 2 is 2.14 bits per heavy atom. The maximum Gasteiger partial charge on any atom is 0.250 e. The van der Waals surface area contributed by atoms with E-state index in [2.05, 4.69) is 40.6 Å². The topological polar surface area (TPSA) is 83.1 Å². The summed E-state index contributed by atoms with van der Waals surface area (Å²) in [5, 5.41) is 5.41. The average molecular weight is 386 g/mol. The zero-order valence-corrected chi connectivity index (χ0v) is 17.0. The van der Waals surface area contributed by atoms with Crippen LogP contribution >= 0.6 is 0 Å². The molecule has 0 saturated carbocycles. The molecule has 1 aliphatic heterocycles. The van der Waals surface area contributed by atoms with E-state index in [4.69, 9.17) is 9.47 Å². The van der Waals surface area contributed by atoms with Gasteiger partial charge in [-0.25, -0.2) is 14.6 Å². The molecule has 0 spiro atoms. The van der Waals surface area contributed by atoms with E-state index in [1.54, 1.807) is 6.33 Å². The van der Waals surface area contributed by atoms with Crippen LogP contribution in [0.2, 0.25) is 0 Å². The Morgan fingerprint density at radius 3 is 2.86 bits per heavy atom. The number of aromatic nitrogens is 5. The third kappa shape index (κ3) is 3.67. The molecule has 0 amide bonds. The number of fused-ring (bicyclic) bond motifs is 1. The standard InChI is InChI=1S/C20H27N5O3/c1-6-26-13(2)25-10-14(9-23-25)16-15-7-8-24(18(15)22-11-21-16)12-27-19-17(28-19)20(3,4)5/h7-11,13,17,19H,6,12H2,1-5H3/p+1. The second-order valence-corrected chi connectivity index (χ2v) is 8.17. The van der Waals surface area contributed by atoms with Crippen molar-refractivity contribution in [3.05, 3.63) is 31.0 Å². The van der Waals surface area contributed by atoms with Crippen LogP contribution in [0.3, 0.4) is 0 Å². The van der Waals surface area contributed by atoms with Crippen molar-refractivity contribution in [3.8, 4) is 11.3 Å². The SMILES string of the molecule is CC[OH+]C(C)n1cc(-c2ncnc3c2ccn3COC2OC2C(C)(C)C)cn1. The van der Waals surface area contributed by atoms with Crippen LogP contribution in [0.4, 0.5) is 0 Å². The summed E-state index contributed by atoms with van der Waals surface area (Å²) in [7, 11) is 0. The van der Waals surface area contributed by atoms with Crippen LogP contribution in [-0.4, -0.2) is 48.1 Å². The van der Waals surface area contributed by atoms with Crippen molar-refractivity contribution in [2.24, 2.45) is 5.41 Å². The number of epoxide rings is 1. The highest BCUT2D eigenvalue weighted by Crippen LogP contribution is 2.38. The van der Waals surface area contributed by atoms with Gasteiger partial charge in [-0.3, -0.25) is 0 Å². The van der Waals surface area contributed by atoms with Crippen molar-refractivity contribution in [3.63, 3.8) is 0 Å². The first-order valence-electron chi connectivity index (χ1n) is 9.66. The second kappa shape index (κ2) is 7.27. The highest BCUT2D eigenvalue weighted by molar-refractivity contribution is 5.90. The highest BCUT2D eigenvalue weighted by Gasteiger charge is 2.48. The monoisotopic (exact) mass is 386 g/mol. The number of nitrogens with zero attached hydrogens (tertiary/aromatic N) is 5. The Labute approximate surface area is 164 Å². The van der Waals surface area contributed by atoms with E-state index in [1.165, 1.54) is 0 Å². The first-order valence-corrected chi connectivity index (χ1v) is 9.66.